The van der Waals surface area contributed by atoms with Crippen LogP contribution in [0.1, 0.15) is 52.9 Å². The third kappa shape index (κ3) is 5.00. The number of amides is 3. The largest absolute Gasteiger partial charge is 0.394 e. The summed E-state index contributed by atoms with van der Waals surface area (Å²) in [6.45, 7) is 14.7. The van der Waals surface area contributed by atoms with Crippen molar-refractivity contribution in [3.05, 3.63) is 55.6 Å². The minimum atomic E-state index is -1.11. The summed E-state index contributed by atoms with van der Waals surface area (Å²) in [6.07, 6.45) is 6.51. The number of carbonyl (C=O) groups is 3. The molecule has 3 heterocycles. The third-order valence-corrected chi connectivity index (χ3v) is 9.19. The number of carbonyl (C=O) groups excluding carboxylic acids is 3. The topological polar surface area (TPSA) is 90.4 Å². The van der Waals surface area contributed by atoms with Crippen molar-refractivity contribution in [3.8, 4) is 0 Å². The molecule has 0 aromatic heterocycles. The van der Waals surface area contributed by atoms with Gasteiger partial charge in [0, 0.05) is 25.3 Å². The number of likely N-dealkylation sites (tertiary alicyclic amines) is 1. The number of aliphatic hydroxyl groups excluding tert-OH is 1. The molecule has 40 heavy (non-hydrogen) atoms. The van der Waals surface area contributed by atoms with Crippen molar-refractivity contribution in [2.75, 3.05) is 31.1 Å². The van der Waals surface area contributed by atoms with Gasteiger partial charge in [-0.2, -0.15) is 0 Å². The van der Waals surface area contributed by atoms with Crippen molar-refractivity contribution < 1.29 is 24.2 Å². The quantitative estimate of drug-likeness (QED) is 0.355. The molecule has 1 aromatic carbocycles. The van der Waals surface area contributed by atoms with Crippen molar-refractivity contribution >= 4 is 23.4 Å². The maximum atomic E-state index is 14.5. The summed E-state index contributed by atoms with van der Waals surface area (Å²) >= 11 is 0. The maximum Gasteiger partial charge on any atom is 0.248 e. The van der Waals surface area contributed by atoms with Gasteiger partial charge in [0.2, 0.25) is 17.7 Å². The number of nitrogens with zero attached hydrogens (tertiary/aromatic N) is 3. The molecule has 2 unspecified atom stereocenters. The minimum Gasteiger partial charge on any atom is -0.394 e. The maximum absolute atomic E-state index is 14.5. The molecule has 0 radical (unpaired) electrons. The van der Waals surface area contributed by atoms with E-state index in [0.29, 0.717) is 32.5 Å². The molecular weight excluding hydrogens is 506 g/mol. The van der Waals surface area contributed by atoms with Gasteiger partial charge < -0.3 is 24.5 Å². The average molecular weight is 552 g/mol. The van der Waals surface area contributed by atoms with Gasteiger partial charge in [0.05, 0.1) is 30.6 Å². The van der Waals surface area contributed by atoms with Crippen LogP contribution in [0.3, 0.4) is 0 Å². The predicted octanol–water partition coefficient (Wildman–Crippen LogP) is 3.80. The standard InChI is InChI=1S/C32H45N3O5/c1-6-10-20-33(18-7-2)31(39)28-32-17-16-25(40-32)26(27(32)30(38)35(28)24(21-36)22(5)9-4)29(37)34(19-8-3)23-14-12-11-13-15-23/h7-8,11-15,22,24-28,36H,2-3,6,9-10,16-21H2,1,4-5H3/t22-,24-,25-,26+,27-,28?,32?/m0/s1. The first kappa shape index (κ1) is 30.0. The summed E-state index contributed by atoms with van der Waals surface area (Å²) in [5.41, 5.74) is -0.383. The Bertz CT molecular complexity index is 1090. The lowest BCUT2D eigenvalue weighted by molar-refractivity contribution is -0.152. The molecule has 3 saturated heterocycles. The molecule has 2 bridgehead atoms. The number of hydrogen-bond donors (Lipinski definition) is 1. The number of rotatable bonds is 14. The fourth-order valence-electron chi connectivity index (χ4n) is 7.03. The van der Waals surface area contributed by atoms with Gasteiger partial charge in [-0.25, -0.2) is 0 Å². The van der Waals surface area contributed by atoms with Crippen molar-refractivity contribution in [1.82, 2.24) is 9.80 Å². The van der Waals surface area contributed by atoms with E-state index in [4.69, 9.17) is 4.74 Å². The van der Waals surface area contributed by atoms with Gasteiger partial charge in [-0.15, -0.1) is 13.2 Å². The first-order valence-corrected chi connectivity index (χ1v) is 14.8. The summed E-state index contributed by atoms with van der Waals surface area (Å²) in [7, 11) is 0. The Labute approximate surface area is 238 Å². The average Bonchev–Trinajstić information content (AvgIpc) is 3.61. The summed E-state index contributed by atoms with van der Waals surface area (Å²) in [5, 5.41) is 10.5. The molecule has 1 N–H and O–H groups in total. The molecular formula is C32H45N3O5. The van der Waals surface area contributed by atoms with Gasteiger partial charge in [0.25, 0.3) is 0 Å². The lowest BCUT2D eigenvalue weighted by Crippen LogP contribution is -2.59. The molecule has 3 fully saturated rings. The van der Waals surface area contributed by atoms with Crippen molar-refractivity contribution in [1.29, 1.82) is 0 Å². The summed E-state index contributed by atoms with van der Waals surface area (Å²) in [6, 6.07) is 7.91. The molecule has 8 heteroatoms. The normalized spacial score (nSPS) is 28.2. The fraction of sp³-hybridized carbons (Fsp3) is 0.594. The summed E-state index contributed by atoms with van der Waals surface area (Å²) in [4.78, 5) is 48.2. The Morgan fingerprint density at radius 1 is 1.18 bits per heavy atom. The number of fused-ring (bicyclic) bond motifs is 1. The highest BCUT2D eigenvalue weighted by Gasteiger charge is 2.75. The van der Waals surface area contributed by atoms with E-state index in [-0.39, 0.29) is 30.2 Å². The smallest absolute Gasteiger partial charge is 0.248 e. The van der Waals surface area contributed by atoms with E-state index in [1.807, 2.05) is 44.2 Å². The lowest BCUT2D eigenvalue weighted by atomic mass is 9.70. The Balaban J connectivity index is 1.79. The van der Waals surface area contributed by atoms with Crippen LogP contribution < -0.4 is 4.90 Å². The van der Waals surface area contributed by atoms with Gasteiger partial charge in [0.1, 0.15) is 11.6 Å². The van der Waals surface area contributed by atoms with E-state index < -0.39 is 35.6 Å². The molecule has 0 saturated carbocycles. The number of benzene rings is 1. The first-order chi connectivity index (χ1) is 19.3. The van der Waals surface area contributed by atoms with Crippen LogP contribution in [0.2, 0.25) is 0 Å². The van der Waals surface area contributed by atoms with E-state index in [2.05, 4.69) is 20.1 Å². The van der Waals surface area contributed by atoms with E-state index in [1.165, 1.54) is 0 Å². The molecule has 1 aromatic rings. The first-order valence-electron chi connectivity index (χ1n) is 14.8. The van der Waals surface area contributed by atoms with Crippen LogP contribution in [0, 0.1) is 17.8 Å². The zero-order chi connectivity index (χ0) is 29.0. The SMILES string of the molecule is C=CCN(CCCC)C(=O)C1N([C@@H](CO)[C@@H](C)CC)C(=O)[C@@H]2[C@H](C(=O)N(CC=C)c3ccccc3)[C@@H]3CCC12O3. The van der Waals surface area contributed by atoms with E-state index in [9.17, 15) is 19.5 Å². The lowest BCUT2D eigenvalue weighted by Gasteiger charge is -2.41. The Morgan fingerprint density at radius 3 is 2.48 bits per heavy atom. The number of anilines is 1. The second kappa shape index (κ2) is 12.7. The highest BCUT2D eigenvalue weighted by atomic mass is 16.5. The highest BCUT2D eigenvalue weighted by Crippen LogP contribution is 2.59. The number of aliphatic hydroxyl groups is 1. The van der Waals surface area contributed by atoms with Crippen LogP contribution in [-0.4, -0.2) is 82.7 Å². The van der Waals surface area contributed by atoms with Crippen LogP contribution in [-0.2, 0) is 19.1 Å². The fourth-order valence-corrected chi connectivity index (χ4v) is 7.03. The van der Waals surface area contributed by atoms with Gasteiger partial charge in [0.15, 0.2) is 0 Å². The van der Waals surface area contributed by atoms with Crippen LogP contribution in [0.15, 0.2) is 55.6 Å². The Kier molecular flexibility index (Phi) is 9.52. The molecule has 3 aliphatic rings. The highest BCUT2D eigenvalue weighted by molar-refractivity contribution is 6.03. The van der Waals surface area contributed by atoms with Crippen molar-refractivity contribution in [2.45, 2.75) is 76.7 Å². The van der Waals surface area contributed by atoms with Crippen LogP contribution >= 0.6 is 0 Å². The predicted molar refractivity (Wildman–Crippen MR) is 155 cm³/mol. The summed E-state index contributed by atoms with van der Waals surface area (Å²) in [5.74, 6) is -2.21. The second-order valence-electron chi connectivity index (χ2n) is 11.4. The number of ether oxygens (including phenoxy) is 1. The molecule has 0 aliphatic carbocycles. The monoisotopic (exact) mass is 551 g/mol. The molecule has 8 nitrogen and oxygen atoms in total. The van der Waals surface area contributed by atoms with E-state index in [0.717, 1.165) is 24.9 Å². The Morgan fingerprint density at radius 2 is 1.88 bits per heavy atom. The van der Waals surface area contributed by atoms with E-state index >= 15 is 0 Å². The second-order valence-corrected chi connectivity index (χ2v) is 11.4. The molecule has 3 aliphatic heterocycles. The van der Waals surface area contributed by atoms with Crippen LogP contribution in [0.4, 0.5) is 5.69 Å². The van der Waals surface area contributed by atoms with Crippen molar-refractivity contribution in [2.24, 2.45) is 17.8 Å². The number of hydrogen-bond acceptors (Lipinski definition) is 5. The molecule has 4 rings (SSSR count). The molecule has 7 atom stereocenters. The molecule has 3 amide bonds. The third-order valence-electron chi connectivity index (χ3n) is 9.19. The summed E-state index contributed by atoms with van der Waals surface area (Å²) < 4.78 is 6.67. The van der Waals surface area contributed by atoms with Gasteiger partial charge in [-0.1, -0.05) is 64.0 Å². The number of unbranched alkanes of at least 4 members (excludes halogenated alkanes) is 1. The van der Waals surface area contributed by atoms with E-state index in [1.54, 1.807) is 26.9 Å². The molecule has 218 valence electrons. The number of para-hydroxylation sites is 1. The van der Waals surface area contributed by atoms with Crippen LogP contribution in [0.5, 0.6) is 0 Å². The zero-order valence-corrected chi connectivity index (χ0v) is 24.2. The van der Waals surface area contributed by atoms with Gasteiger partial charge in [-0.05, 0) is 37.3 Å². The minimum absolute atomic E-state index is 0.0455. The van der Waals surface area contributed by atoms with Crippen LogP contribution in [0.25, 0.3) is 0 Å². The van der Waals surface area contributed by atoms with Gasteiger partial charge in [-0.3, -0.25) is 14.4 Å². The Hall–Kier alpha value is -2.97. The molecule has 1 spiro atoms. The van der Waals surface area contributed by atoms with Gasteiger partial charge >= 0.3 is 0 Å². The zero-order valence-electron chi connectivity index (χ0n) is 24.2. The van der Waals surface area contributed by atoms with Crippen molar-refractivity contribution in [3.63, 3.8) is 0 Å².